The van der Waals surface area contributed by atoms with E-state index in [0.29, 0.717) is 0 Å². The molecule has 0 aliphatic rings. The molecule has 0 unspecified atom stereocenters. The van der Waals surface area contributed by atoms with Crippen molar-refractivity contribution < 1.29 is 4.39 Å². The lowest BCUT2D eigenvalue weighted by atomic mass is 10.1. The Morgan fingerprint density at radius 3 is 2.81 bits per heavy atom. The van der Waals surface area contributed by atoms with Gasteiger partial charge in [-0.05, 0) is 48.9 Å². The van der Waals surface area contributed by atoms with Gasteiger partial charge in [-0.25, -0.2) is 4.39 Å². The van der Waals surface area contributed by atoms with Crippen LogP contribution in [0.5, 0.6) is 0 Å². The fourth-order valence-corrected chi connectivity index (χ4v) is 2.15. The van der Waals surface area contributed by atoms with Gasteiger partial charge in [0, 0.05) is 12.3 Å². The fourth-order valence-electron chi connectivity index (χ4n) is 1.58. The molecule has 0 radical (unpaired) electrons. The zero-order valence-electron chi connectivity index (χ0n) is 10.1. The number of rotatable bonds is 7. The smallest absolute Gasteiger partial charge is 0.123 e. The van der Waals surface area contributed by atoms with Crippen molar-refractivity contribution in [2.24, 2.45) is 0 Å². The maximum Gasteiger partial charge on any atom is 0.123 e. The molecule has 0 fully saturated rings. The summed E-state index contributed by atoms with van der Waals surface area (Å²) in [4.78, 5) is 0. The van der Waals surface area contributed by atoms with Gasteiger partial charge in [0.15, 0.2) is 0 Å². The topological polar surface area (TPSA) is 12.0 Å². The maximum absolute atomic E-state index is 12.9. The molecule has 16 heavy (non-hydrogen) atoms. The minimum Gasteiger partial charge on any atom is -0.316 e. The standard InChI is InChI=1S/C13H20FNS/c1-3-16-9-8-15-7-6-12-4-5-13(14)10-11(12)2/h4-5,10,15H,3,6-9H2,1-2H3. The van der Waals surface area contributed by atoms with Crippen LogP contribution in [0.4, 0.5) is 4.39 Å². The van der Waals surface area contributed by atoms with Crippen LogP contribution in [-0.4, -0.2) is 24.6 Å². The summed E-state index contributed by atoms with van der Waals surface area (Å²) >= 11 is 1.95. The van der Waals surface area contributed by atoms with Crippen molar-refractivity contribution >= 4 is 11.8 Å². The molecule has 0 amide bonds. The van der Waals surface area contributed by atoms with Gasteiger partial charge in [0.1, 0.15) is 5.82 Å². The van der Waals surface area contributed by atoms with E-state index in [1.54, 1.807) is 6.07 Å². The number of nitrogens with one attached hydrogen (secondary N) is 1. The van der Waals surface area contributed by atoms with Gasteiger partial charge in [-0.3, -0.25) is 0 Å². The quantitative estimate of drug-likeness (QED) is 0.736. The molecule has 0 saturated heterocycles. The molecule has 1 aromatic carbocycles. The second-order valence-corrected chi connectivity index (χ2v) is 5.16. The molecule has 3 heteroatoms. The molecule has 0 atom stereocenters. The van der Waals surface area contributed by atoms with Crippen LogP contribution in [0, 0.1) is 12.7 Å². The van der Waals surface area contributed by atoms with E-state index in [4.69, 9.17) is 0 Å². The molecule has 1 aromatic rings. The van der Waals surface area contributed by atoms with E-state index >= 15 is 0 Å². The van der Waals surface area contributed by atoms with E-state index in [9.17, 15) is 4.39 Å². The lowest BCUT2D eigenvalue weighted by Gasteiger charge is -2.07. The van der Waals surface area contributed by atoms with Crippen molar-refractivity contribution in [3.63, 3.8) is 0 Å². The summed E-state index contributed by atoms with van der Waals surface area (Å²) < 4.78 is 12.9. The average Bonchev–Trinajstić information content (AvgIpc) is 2.26. The van der Waals surface area contributed by atoms with Gasteiger partial charge < -0.3 is 5.32 Å². The number of hydrogen-bond donors (Lipinski definition) is 1. The van der Waals surface area contributed by atoms with E-state index in [1.165, 1.54) is 23.1 Å². The summed E-state index contributed by atoms with van der Waals surface area (Å²) in [7, 11) is 0. The van der Waals surface area contributed by atoms with E-state index in [1.807, 2.05) is 24.8 Å². The predicted octanol–water partition coefficient (Wildman–Crippen LogP) is 3.02. The van der Waals surface area contributed by atoms with Gasteiger partial charge in [-0.2, -0.15) is 11.8 Å². The van der Waals surface area contributed by atoms with Crippen molar-refractivity contribution in [1.29, 1.82) is 0 Å². The maximum atomic E-state index is 12.9. The van der Waals surface area contributed by atoms with Crippen LogP contribution < -0.4 is 5.32 Å². The number of halogens is 1. The predicted molar refractivity (Wildman–Crippen MR) is 70.7 cm³/mol. The molecular formula is C13H20FNS. The van der Waals surface area contributed by atoms with Crippen LogP contribution in [0.3, 0.4) is 0 Å². The number of thioether (sulfide) groups is 1. The normalized spacial score (nSPS) is 10.7. The third kappa shape index (κ3) is 4.99. The van der Waals surface area contributed by atoms with Crippen LogP contribution in [0.25, 0.3) is 0 Å². The SMILES string of the molecule is CCSCCNCCc1ccc(F)cc1C. The Balaban J connectivity index is 2.21. The Hall–Kier alpha value is -0.540. The summed E-state index contributed by atoms with van der Waals surface area (Å²) in [5, 5.41) is 3.40. The van der Waals surface area contributed by atoms with Gasteiger partial charge in [-0.1, -0.05) is 13.0 Å². The molecule has 1 nitrogen and oxygen atoms in total. The van der Waals surface area contributed by atoms with Gasteiger partial charge in [0.2, 0.25) is 0 Å². The fraction of sp³-hybridized carbons (Fsp3) is 0.538. The van der Waals surface area contributed by atoms with E-state index in [-0.39, 0.29) is 5.82 Å². The summed E-state index contributed by atoms with van der Waals surface area (Å²) in [6.07, 6.45) is 0.975. The first kappa shape index (κ1) is 13.5. The molecular weight excluding hydrogens is 221 g/mol. The molecule has 90 valence electrons. The first-order chi connectivity index (χ1) is 7.74. The molecule has 0 heterocycles. The van der Waals surface area contributed by atoms with Crippen LogP contribution in [0.1, 0.15) is 18.1 Å². The van der Waals surface area contributed by atoms with Gasteiger partial charge >= 0.3 is 0 Å². The highest BCUT2D eigenvalue weighted by molar-refractivity contribution is 7.99. The Bertz CT molecular complexity index is 315. The van der Waals surface area contributed by atoms with Crippen LogP contribution >= 0.6 is 11.8 Å². The molecule has 1 rings (SSSR count). The Kier molecular flexibility index (Phi) is 6.50. The zero-order valence-corrected chi connectivity index (χ0v) is 10.9. The second kappa shape index (κ2) is 7.69. The van der Waals surface area contributed by atoms with Crippen LogP contribution in [-0.2, 0) is 6.42 Å². The number of benzene rings is 1. The highest BCUT2D eigenvalue weighted by Crippen LogP contribution is 2.10. The van der Waals surface area contributed by atoms with Crippen LogP contribution in [0.2, 0.25) is 0 Å². The van der Waals surface area contributed by atoms with Crippen molar-refractivity contribution in [3.8, 4) is 0 Å². The zero-order chi connectivity index (χ0) is 11.8. The van der Waals surface area contributed by atoms with Gasteiger partial charge in [0.05, 0.1) is 0 Å². The van der Waals surface area contributed by atoms with Gasteiger partial charge in [-0.15, -0.1) is 0 Å². The third-order valence-electron chi connectivity index (χ3n) is 2.50. The largest absolute Gasteiger partial charge is 0.316 e. The minimum absolute atomic E-state index is 0.145. The monoisotopic (exact) mass is 241 g/mol. The van der Waals surface area contributed by atoms with Crippen molar-refractivity contribution in [3.05, 3.63) is 35.1 Å². The Morgan fingerprint density at radius 1 is 1.31 bits per heavy atom. The summed E-state index contributed by atoms with van der Waals surface area (Å²) in [5.74, 6) is 2.20. The molecule has 0 aliphatic heterocycles. The lowest BCUT2D eigenvalue weighted by molar-refractivity contribution is 0.624. The van der Waals surface area contributed by atoms with Crippen molar-refractivity contribution in [1.82, 2.24) is 5.32 Å². The van der Waals surface area contributed by atoms with Crippen molar-refractivity contribution in [2.75, 3.05) is 24.6 Å². The first-order valence-electron chi connectivity index (χ1n) is 5.77. The molecule has 0 spiro atoms. The van der Waals surface area contributed by atoms with E-state index in [2.05, 4.69) is 12.2 Å². The summed E-state index contributed by atoms with van der Waals surface area (Å²) in [6.45, 7) is 6.16. The summed E-state index contributed by atoms with van der Waals surface area (Å²) in [5.41, 5.74) is 2.28. The molecule has 1 N–H and O–H groups in total. The highest BCUT2D eigenvalue weighted by Gasteiger charge is 1.99. The van der Waals surface area contributed by atoms with Crippen LogP contribution in [0.15, 0.2) is 18.2 Å². The lowest BCUT2D eigenvalue weighted by Crippen LogP contribution is -2.20. The Labute approximate surface area is 102 Å². The first-order valence-corrected chi connectivity index (χ1v) is 6.93. The number of hydrogen-bond acceptors (Lipinski definition) is 2. The van der Waals surface area contributed by atoms with Crippen molar-refractivity contribution in [2.45, 2.75) is 20.3 Å². The average molecular weight is 241 g/mol. The number of aryl methyl sites for hydroxylation is 1. The highest BCUT2D eigenvalue weighted by atomic mass is 32.2. The van der Waals surface area contributed by atoms with E-state index in [0.717, 1.165) is 25.1 Å². The second-order valence-electron chi connectivity index (χ2n) is 3.77. The molecule has 0 aliphatic carbocycles. The van der Waals surface area contributed by atoms with Gasteiger partial charge in [0.25, 0.3) is 0 Å². The molecule has 0 bridgehead atoms. The molecule has 0 saturated carbocycles. The summed E-state index contributed by atoms with van der Waals surface area (Å²) in [6, 6.07) is 5.02. The molecule has 0 aromatic heterocycles. The van der Waals surface area contributed by atoms with E-state index < -0.39 is 0 Å². The minimum atomic E-state index is -0.145. The third-order valence-corrected chi connectivity index (χ3v) is 3.40. The Morgan fingerprint density at radius 2 is 2.12 bits per heavy atom.